The molecule has 3 aromatic rings. The molecule has 0 heterocycles. The maximum Gasteiger partial charge on any atom is 1.00 e. The summed E-state index contributed by atoms with van der Waals surface area (Å²) in [5.41, 5.74) is 6.60. The van der Waals surface area contributed by atoms with Crippen LogP contribution in [-0.2, 0) is 10.1 Å². The molecular weight excluding hydrogens is 337 g/mol. The third kappa shape index (κ3) is 3.38. The normalized spacial score (nSPS) is 11.0. The topological polar surface area (TPSA) is 100 Å². The molecule has 0 amide bonds. The molecule has 0 radical (unpaired) electrons. The molecule has 0 saturated carbocycles. The van der Waals surface area contributed by atoms with Gasteiger partial charge < -0.3 is 10.3 Å². The SMILES string of the molecule is Nc1c(S(=O)(=O)[O-])ccc2c(C(=O)c3ccccc3)cccc12.[Na+]. The van der Waals surface area contributed by atoms with Crippen LogP contribution in [0.3, 0.4) is 0 Å². The number of hydrogen-bond donors (Lipinski definition) is 1. The largest absolute Gasteiger partial charge is 1.00 e. The second-order valence-electron chi connectivity index (χ2n) is 5.03. The Bertz CT molecular complexity index is 1020. The van der Waals surface area contributed by atoms with Crippen LogP contribution >= 0.6 is 0 Å². The van der Waals surface area contributed by atoms with Gasteiger partial charge in [0.05, 0.1) is 10.6 Å². The summed E-state index contributed by atoms with van der Waals surface area (Å²) < 4.78 is 33.7. The second-order valence-corrected chi connectivity index (χ2v) is 6.38. The van der Waals surface area contributed by atoms with Crippen molar-refractivity contribution in [1.29, 1.82) is 0 Å². The fourth-order valence-electron chi connectivity index (χ4n) is 2.52. The zero-order valence-corrected chi connectivity index (χ0v) is 15.7. The third-order valence-corrected chi connectivity index (χ3v) is 4.51. The van der Waals surface area contributed by atoms with Crippen molar-refractivity contribution in [2.45, 2.75) is 4.90 Å². The van der Waals surface area contributed by atoms with Gasteiger partial charge in [-0.05, 0) is 11.5 Å². The monoisotopic (exact) mass is 349 g/mol. The summed E-state index contributed by atoms with van der Waals surface area (Å²) in [5, 5.41) is 0.870. The van der Waals surface area contributed by atoms with Crippen molar-refractivity contribution >= 4 is 32.4 Å². The van der Waals surface area contributed by atoms with Gasteiger partial charge in [0.25, 0.3) is 0 Å². The van der Waals surface area contributed by atoms with Gasteiger partial charge in [-0.3, -0.25) is 4.79 Å². The Morgan fingerprint density at radius 1 is 0.875 bits per heavy atom. The van der Waals surface area contributed by atoms with Gasteiger partial charge in [-0.2, -0.15) is 0 Å². The Morgan fingerprint density at radius 2 is 1.54 bits per heavy atom. The zero-order chi connectivity index (χ0) is 16.6. The van der Waals surface area contributed by atoms with Crippen molar-refractivity contribution in [1.82, 2.24) is 0 Å². The number of carbonyl (C=O) groups excluding carboxylic acids is 1. The fraction of sp³-hybridized carbons (Fsp3) is 0. The van der Waals surface area contributed by atoms with Gasteiger partial charge in [-0.15, -0.1) is 0 Å². The third-order valence-electron chi connectivity index (χ3n) is 3.61. The van der Waals surface area contributed by atoms with Gasteiger partial charge >= 0.3 is 29.6 Å². The summed E-state index contributed by atoms with van der Waals surface area (Å²) in [4.78, 5) is 12.2. The number of nitrogen functional groups attached to an aromatic ring is 1. The summed E-state index contributed by atoms with van der Waals surface area (Å²) in [6, 6.07) is 16.1. The maximum atomic E-state index is 12.6. The fourth-order valence-corrected chi connectivity index (χ4v) is 3.14. The van der Waals surface area contributed by atoms with E-state index in [2.05, 4.69) is 0 Å². The van der Waals surface area contributed by atoms with E-state index in [9.17, 15) is 17.8 Å². The molecule has 116 valence electrons. The van der Waals surface area contributed by atoms with Crippen LogP contribution in [0.25, 0.3) is 10.8 Å². The van der Waals surface area contributed by atoms with E-state index < -0.39 is 15.0 Å². The average Bonchev–Trinajstić information content (AvgIpc) is 2.54. The van der Waals surface area contributed by atoms with Crippen LogP contribution < -0.4 is 35.3 Å². The van der Waals surface area contributed by atoms with Gasteiger partial charge in [-0.25, -0.2) is 8.42 Å². The summed E-state index contributed by atoms with van der Waals surface area (Å²) in [6.07, 6.45) is 0. The van der Waals surface area contributed by atoms with E-state index in [1.807, 2.05) is 6.07 Å². The molecule has 0 unspecified atom stereocenters. The summed E-state index contributed by atoms with van der Waals surface area (Å²) in [6.45, 7) is 0. The number of benzene rings is 3. The molecule has 0 spiro atoms. The smallest absolute Gasteiger partial charge is 0.744 e. The molecule has 0 aliphatic heterocycles. The van der Waals surface area contributed by atoms with Crippen LogP contribution in [-0.4, -0.2) is 18.8 Å². The Hall–Kier alpha value is -1.70. The predicted octanol–water partition coefficient (Wildman–Crippen LogP) is -0.439. The van der Waals surface area contributed by atoms with E-state index >= 15 is 0 Å². The zero-order valence-electron chi connectivity index (χ0n) is 12.9. The molecule has 0 fully saturated rings. The van der Waals surface area contributed by atoms with E-state index in [1.54, 1.807) is 42.5 Å². The molecule has 2 N–H and O–H groups in total. The number of anilines is 1. The van der Waals surface area contributed by atoms with Gasteiger partial charge in [0, 0.05) is 16.5 Å². The van der Waals surface area contributed by atoms with E-state index in [1.165, 1.54) is 6.07 Å². The number of fused-ring (bicyclic) bond motifs is 1. The van der Waals surface area contributed by atoms with Crippen LogP contribution in [0.4, 0.5) is 5.69 Å². The van der Waals surface area contributed by atoms with Crippen molar-refractivity contribution in [3.05, 3.63) is 71.8 Å². The Morgan fingerprint density at radius 3 is 2.17 bits per heavy atom. The van der Waals surface area contributed by atoms with E-state index in [-0.39, 0.29) is 41.0 Å². The second kappa shape index (κ2) is 7.04. The summed E-state index contributed by atoms with van der Waals surface area (Å²) >= 11 is 0. The van der Waals surface area contributed by atoms with Crippen molar-refractivity contribution < 1.29 is 47.3 Å². The number of ketones is 1. The van der Waals surface area contributed by atoms with Crippen molar-refractivity contribution in [3.63, 3.8) is 0 Å². The molecule has 0 aromatic heterocycles. The predicted molar refractivity (Wildman–Crippen MR) is 86.2 cm³/mol. The number of hydrogen-bond acceptors (Lipinski definition) is 5. The van der Waals surface area contributed by atoms with Gasteiger partial charge in [0.1, 0.15) is 10.1 Å². The van der Waals surface area contributed by atoms with Crippen LogP contribution in [0.5, 0.6) is 0 Å². The van der Waals surface area contributed by atoms with Crippen LogP contribution in [0.1, 0.15) is 15.9 Å². The van der Waals surface area contributed by atoms with Gasteiger partial charge in [0.15, 0.2) is 5.78 Å². The molecule has 24 heavy (non-hydrogen) atoms. The average molecular weight is 349 g/mol. The first kappa shape index (κ1) is 18.6. The first-order valence-corrected chi connectivity index (χ1v) is 8.17. The summed E-state index contributed by atoms with van der Waals surface area (Å²) in [5.74, 6) is -0.201. The van der Waals surface area contributed by atoms with E-state index in [0.717, 1.165) is 6.07 Å². The quantitative estimate of drug-likeness (QED) is 0.299. The molecule has 0 aliphatic rings. The Balaban J connectivity index is 0.00000208. The molecule has 0 aliphatic carbocycles. The van der Waals surface area contributed by atoms with Crippen LogP contribution in [0.15, 0.2) is 65.6 Å². The maximum absolute atomic E-state index is 12.6. The minimum atomic E-state index is -4.67. The first-order valence-electron chi connectivity index (χ1n) is 6.76. The van der Waals surface area contributed by atoms with Gasteiger partial charge in [0.2, 0.25) is 0 Å². The number of carbonyl (C=O) groups is 1. The van der Waals surface area contributed by atoms with Crippen molar-refractivity contribution in [3.8, 4) is 0 Å². The molecule has 3 rings (SSSR count). The minimum Gasteiger partial charge on any atom is -0.744 e. The molecule has 5 nitrogen and oxygen atoms in total. The van der Waals surface area contributed by atoms with Gasteiger partial charge in [-0.1, -0.05) is 54.6 Å². The van der Waals surface area contributed by atoms with E-state index in [0.29, 0.717) is 21.9 Å². The molecule has 0 saturated heterocycles. The molecule has 0 atom stereocenters. The number of rotatable bonds is 3. The molecular formula is C17H12NNaO4S. The Kier molecular flexibility index (Phi) is 5.47. The van der Waals surface area contributed by atoms with E-state index in [4.69, 9.17) is 5.73 Å². The standard InChI is InChI=1S/C17H13NO4S.Na/c18-16-13-7-4-8-14(17(19)11-5-2-1-3-6-11)12(13)9-10-15(16)23(20,21)22;/h1-10H,18H2,(H,20,21,22);/q;+1/p-1. The molecule has 7 heteroatoms. The number of nitrogens with two attached hydrogens (primary N) is 1. The first-order chi connectivity index (χ1) is 10.9. The Labute approximate surface area is 161 Å². The van der Waals surface area contributed by atoms with Crippen LogP contribution in [0, 0.1) is 0 Å². The summed E-state index contributed by atoms with van der Waals surface area (Å²) in [7, 11) is -4.67. The molecule has 0 bridgehead atoms. The molecule has 3 aromatic carbocycles. The van der Waals surface area contributed by atoms with Crippen LogP contribution in [0.2, 0.25) is 0 Å². The van der Waals surface area contributed by atoms with Crippen molar-refractivity contribution in [2.75, 3.05) is 5.73 Å². The minimum absolute atomic E-state index is 0. The van der Waals surface area contributed by atoms with Crippen molar-refractivity contribution in [2.24, 2.45) is 0 Å².